The van der Waals surface area contributed by atoms with E-state index < -0.39 is 4.75 Å². The molecule has 0 bridgehead atoms. The molecule has 26 heavy (non-hydrogen) atoms. The molecule has 1 heterocycles. The maximum absolute atomic E-state index is 13.3. The van der Waals surface area contributed by atoms with Crippen molar-refractivity contribution < 1.29 is 9.59 Å². The van der Waals surface area contributed by atoms with Crippen molar-refractivity contribution in [2.75, 3.05) is 11.9 Å². The van der Waals surface area contributed by atoms with Crippen LogP contribution in [-0.2, 0) is 16.1 Å². The number of halogens is 1. The molecule has 1 N–H and O–H groups in total. The molecule has 1 unspecified atom stereocenters. The molecular weight excluding hydrogens is 368 g/mol. The number of benzene rings is 2. The molecule has 2 amide bonds. The lowest BCUT2D eigenvalue weighted by Gasteiger charge is -2.36. The van der Waals surface area contributed by atoms with Crippen molar-refractivity contribution in [2.24, 2.45) is 0 Å². The Hall–Kier alpha value is -2.24. The number of nitrogens with one attached hydrogen (secondary N) is 1. The van der Waals surface area contributed by atoms with Gasteiger partial charge in [0.15, 0.2) is 4.75 Å². The van der Waals surface area contributed by atoms with Gasteiger partial charge in [-0.05, 0) is 36.8 Å². The van der Waals surface area contributed by atoms with Gasteiger partial charge in [0.2, 0.25) is 11.8 Å². The fourth-order valence-electron chi connectivity index (χ4n) is 2.79. The zero-order valence-corrected chi connectivity index (χ0v) is 15.9. The van der Waals surface area contributed by atoms with Gasteiger partial charge in [0.1, 0.15) is 0 Å². The minimum Gasteiger partial charge on any atom is -0.333 e. The van der Waals surface area contributed by atoms with Crippen LogP contribution in [-0.4, -0.2) is 28.0 Å². The van der Waals surface area contributed by atoms with E-state index in [1.165, 1.54) is 11.8 Å². The van der Waals surface area contributed by atoms with Gasteiger partial charge < -0.3 is 10.2 Å². The lowest BCUT2D eigenvalue weighted by atomic mass is 10.1. The van der Waals surface area contributed by atoms with Gasteiger partial charge in [-0.1, -0.05) is 53.7 Å². The number of rotatable bonds is 5. The van der Waals surface area contributed by atoms with Crippen LogP contribution < -0.4 is 5.32 Å². The van der Waals surface area contributed by atoms with Crippen LogP contribution in [0.1, 0.15) is 12.5 Å². The number of hydrogen-bond donors (Lipinski definition) is 1. The van der Waals surface area contributed by atoms with E-state index in [-0.39, 0.29) is 11.8 Å². The molecule has 6 heteroatoms. The van der Waals surface area contributed by atoms with Crippen LogP contribution in [0.2, 0.25) is 5.02 Å². The number of amides is 2. The summed E-state index contributed by atoms with van der Waals surface area (Å²) in [5.74, 6) is -0.555. The number of hydrogen-bond acceptors (Lipinski definition) is 3. The number of anilines is 1. The standard InChI is InChI=1S/C20H19ClN2O2S/c1-3-12-23(13-14-8-10-15(21)11-9-14)19(25)20(2)18(24)22-16-6-4-5-7-17(16)26-20/h3-11H,1,12-13H2,2H3,(H,22,24). The number of para-hydroxylation sites is 1. The average Bonchev–Trinajstić information content (AvgIpc) is 2.63. The van der Waals surface area contributed by atoms with Crippen LogP contribution in [0.3, 0.4) is 0 Å². The molecular formula is C20H19ClN2O2S. The number of carbonyl (C=O) groups excluding carboxylic acids is 2. The van der Waals surface area contributed by atoms with Crippen molar-refractivity contribution in [1.29, 1.82) is 0 Å². The average molecular weight is 387 g/mol. The number of thioether (sulfide) groups is 1. The van der Waals surface area contributed by atoms with Crippen LogP contribution in [0.5, 0.6) is 0 Å². The first kappa shape index (κ1) is 18.5. The van der Waals surface area contributed by atoms with Crippen LogP contribution in [0.4, 0.5) is 5.69 Å². The van der Waals surface area contributed by atoms with Gasteiger partial charge >= 0.3 is 0 Å². The van der Waals surface area contributed by atoms with E-state index in [9.17, 15) is 9.59 Å². The Bertz CT molecular complexity index is 853. The molecule has 3 rings (SSSR count). The summed E-state index contributed by atoms with van der Waals surface area (Å²) in [6.07, 6.45) is 1.66. The molecule has 2 aromatic rings. The predicted molar refractivity (Wildman–Crippen MR) is 106 cm³/mol. The zero-order chi connectivity index (χ0) is 18.7. The first-order valence-electron chi connectivity index (χ1n) is 8.18. The molecule has 4 nitrogen and oxygen atoms in total. The smallest absolute Gasteiger partial charge is 0.250 e. The SMILES string of the molecule is C=CCN(Cc1ccc(Cl)cc1)C(=O)C1(C)Sc2ccccc2NC1=O. The van der Waals surface area contributed by atoms with Gasteiger partial charge in [-0.2, -0.15) is 0 Å². The molecule has 0 saturated carbocycles. The topological polar surface area (TPSA) is 49.4 Å². The van der Waals surface area contributed by atoms with E-state index in [4.69, 9.17) is 11.6 Å². The van der Waals surface area contributed by atoms with Crippen LogP contribution in [0.15, 0.2) is 66.1 Å². The highest BCUT2D eigenvalue weighted by molar-refractivity contribution is 8.02. The van der Waals surface area contributed by atoms with Gasteiger partial charge in [-0.3, -0.25) is 9.59 Å². The van der Waals surface area contributed by atoms with Crippen molar-refractivity contribution in [3.8, 4) is 0 Å². The Morgan fingerprint density at radius 2 is 1.96 bits per heavy atom. The molecule has 0 aromatic heterocycles. The van der Waals surface area contributed by atoms with Crippen LogP contribution >= 0.6 is 23.4 Å². The third-order valence-corrected chi connectivity index (χ3v) is 5.81. The first-order chi connectivity index (χ1) is 12.4. The van der Waals surface area contributed by atoms with E-state index in [1.54, 1.807) is 30.0 Å². The molecule has 1 aliphatic heterocycles. The van der Waals surface area contributed by atoms with E-state index in [0.29, 0.717) is 18.1 Å². The Labute approximate surface area is 162 Å². The van der Waals surface area contributed by atoms with E-state index >= 15 is 0 Å². The van der Waals surface area contributed by atoms with Gasteiger partial charge in [-0.15, -0.1) is 6.58 Å². The van der Waals surface area contributed by atoms with E-state index in [1.807, 2.05) is 36.4 Å². The second-order valence-electron chi connectivity index (χ2n) is 6.19. The van der Waals surface area contributed by atoms with E-state index in [0.717, 1.165) is 16.1 Å². The first-order valence-corrected chi connectivity index (χ1v) is 9.37. The van der Waals surface area contributed by atoms with Crippen molar-refractivity contribution in [3.63, 3.8) is 0 Å². The van der Waals surface area contributed by atoms with Gasteiger partial charge in [0.25, 0.3) is 0 Å². The highest BCUT2D eigenvalue weighted by Gasteiger charge is 2.47. The molecule has 0 aliphatic carbocycles. The number of fused-ring (bicyclic) bond motifs is 1. The Morgan fingerprint density at radius 3 is 2.65 bits per heavy atom. The minimum absolute atomic E-state index is 0.246. The Kier molecular flexibility index (Phi) is 5.39. The third kappa shape index (κ3) is 3.64. The number of carbonyl (C=O) groups is 2. The largest absolute Gasteiger partial charge is 0.333 e. The van der Waals surface area contributed by atoms with Crippen molar-refractivity contribution in [3.05, 3.63) is 71.8 Å². The molecule has 134 valence electrons. The molecule has 0 radical (unpaired) electrons. The maximum Gasteiger partial charge on any atom is 0.250 e. The highest BCUT2D eigenvalue weighted by atomic mass is 35.5. The van der Waals surface area contributed by atoms with E-state index in [2.05, 4.69) is 11.9 Å². The quantitative estimate of drug-likeness (QED) is 0.613. The third-order valence-electron chi connectivity index (χ3n) is 4.21. The molecule has 1 atom stereocenters. The molecule has 0 saturated heterocycles. The second-order valence-corrected chi connectivity index (χ2v) is 8.08. The normalized spacial score (nSPS) is 18.6. The summed E-state index contributed by atoms with van der Waals surface area (Å²) in [4.78, 5) is 28.5. The second kappa shape index (κ2) is 7.56. The lowest BCUT2D eigenvalue weighted by Crippen LogP contribution is -2.53. The maximum atomic E-state index is 13.3. The van der Waals surface area contributed by atoms with Gasteiger partial charge in [-0.25, -0.2) is 0 Å². The Balaban J connectivity index is 1.87. The van der Waals surface area contributed by atoms with Crippen molar-refractivity contribution in [2.45, 2.75) is 23.1 Å². The summed E-state index contributed by atoms with van der Waals surface area (Å²) in [7, 11) is 0. The summed E-state index contributed by atoms with van der Waals surface area (Å²) in [6.45, 7) is 6.14. The Morgan fingerprint density at radius 1 is 1.27 bits per heavy atom. The highest BCUT2D eigenvalue weighted by Crippen LogP contribution is 2.43. The van der Waals surface area contributed by atoms with Crippen LogP contribution in [0.25, 0.3) is 0 Å². The fraction of sp³-hybridized carbons (Fsp3) is 0.200. The molecule has 1 aliphatic rings. The molecule has 0 fully saturated rings. The lowest BCUT2D eigenvalue weighted by molar-refractivity contribution is -0.137. The van der Waals surface area contributed by atoms with Crippen LogP contribution in [0, 0.1) is 0 Å². The summed E-state index contributed by atoms with van der Waals surface area (Å²) in [6, 6.07) is 14.8. The summed E-state index contributed by atoms with van der Waals surface area (Å²) in [5.41, 5.74) is 1.68. The minimum atomic E-state index is -1.23. The predicted octanol–water partition coefficient (Wildman–Crippen LogP) is 4.36. The number of nitrogens with zero attached hydrogens (tertiary/aromatic N) is 1. The monoisotopic (exact) mass is 386 g/mol. The van der Waals surface area contributed by atoms with Crippen molar-refractivity contribution in [1.82, 2.24) is 4.90 Å². The summed E-state index contributed by atoms with van der Waals surface area (Å²) >= 11 is 7.21. The molecule has 0 spiro atoms. The summed E-state index contributed by atoms with van der Waals surface area (Å²) < 4.78 is -1.23. The fourth-order valence-corrected chi connectivity index (χ4v) is 4.10. The van der Waals surface area contributed by atoms with Gasteiger partial charge in [0, 0.05) is 23.0 Å². The molecule has 2 aromatic carbocycles. The van der Waals surface area contributed by atoms with Gasteiger partial charge in [0.05, 0.1) is 5.69 Å². The van der Waals surface area contributed by atoms with Crippen molar-refractivity contribution >= 4 is 40.9 Å². The zero-order valence-electron chi connectivity index (χ0n) is 14.4. The summed E-state index contributed by atoms with van der Waals surface area (Å²) in [5, 5.41) is 3.49.